The number of hydrogen-bond donors (Lipinski definition) is 1. The number of carbonyl (C=O) groups is 1. The Balaban J connectivity index is 1.93. The Morgan fingerprint density at radius 3 is 2.50 bits per heavy atom. The first-order valence-corrected chi connectivity index (χ1v) is 8.67. The molecule has 1 amide bonds. The fraction of sp³-hybridized carbons (Fsp3) is 0.300. The van der Waals surface area contributed by atoms with Gasteiger partial charge in [0.2, 0.25) is 5.91 Å². The summed E-state index contributed by atoms with van der Waals surface area (Å²) in [6.07, 6.45) is 0. The van der Waals surface area contributed by atoms with Gasteiger partial charge in [0.1, 0.15) is 4.58 Å². The van der Waals surface area contributed by atoms with Gasteiger partial charge in [-0.15, -0.1) is 35.3 Å². The number of carbonyl (C=O) groups excluding carboxylic acids is 1. The molecular formula is C10H10BrNOS3. The lowest BCUT2D eigenvalue weighted by Gasteiger charge is -2.19. The zero-order valence-corrected chi connectivity index (χ0v) is 12.3. The molecule has 6 heteroatoms. The van der Waals surface area contributed by atoms with Crippen molar-refractivity contribution in [3.05, 3.63) is 28.7 Å². The molecule has 1 aliphatic heterocycles. The number of hydrogen-bond acceptors (Lipinski definition) is 4. The molecule has 86 valence electrons. The van der Waals surface area contributed by atoms with Crippen LogP contribution in [0.15, 0.2) is 28.7 Å². The van der Waals surface area contributed by atoms with E-state index in [1.807, 2.05) is 36.0 Å². The van der Waals surface area contributed by atoms with E-state index in [9.17, 15) is 4.79 Å². The van der Waals surface area contributed by atoms with Gasteiger partial charge in [-0.3, -0.25) is 4.79 Å². The third-order valence-electron chi connectivity index (χ3n) is 1.93. The summed E-state index contributed by atoms with van der Waals surface area (Å²) in [6.45, 7) is 0. The highest BCUT2D eigenvalue weighted by molar-refractivity contribution is 9.10. The summed E-state index contributed by atoms with van der Waals surface area (Å²) in [6, 6.07) is 7.64. The van der Waals surface area contributed by atoms with Gasteiger partial charge in [-0.1, -0.05) is 15.9 Å². The Morgan fingerprint density at radius 2 is 1.88 bits per heavy atom. The third kappa shape index (κ3) is 3.61. The molecule has 1 fully saturated rings. The third-order valence-corrected chi connectivity index (χ3v) is 6.73. The first-order valence-electron chi connectivity index (χ1n) is 4.63. The first-order chi connectivity index (χ1) is 7.75. The van der Waals surface area contributed by atoms with Crippen LogP contribution in [0.3, 0.4) is 0 Å². The van der Waals surface area contributed by atoms with Crippen molar-refractivity contribution in [1.29, 1.82) is 0 Å². The highest BCUT2D eigenvalue weighted by Crippen LogP contribution is 2.36. The molecular weight excluding hydrogens is 326 g/mol. The van der Waals surface area contributed by atoms with Crippen LogP contribution in [0.1, 0.15) is 0 Å². The van der Waals surface area contributed by atoms with Gasteiger partial charge in [0, 0.05) is 20.3 Å². The summed E-state index contributed by atoms with van der Waals surface area (Å²) in [7, 11) is 0. The monoisotopic (exact) mass is 335 g/mol. The summed E-state index contributed by atoms with van der Waals surface area (Å²) >= 11 is 8.63. The molecule has 0 unspecified atom stereocenters. The molecule has 2 rings (SSSR count). The second kappa shape index (κ2) is 6.23. The van der Waals surface area contributed by atoms with Crippen LogP contribution in [0.5, 0.6) is 0 Å². The zero-order valence-electron chi connectivity index (χ0n) is 8.31. The van der Waals surface area contributed by atoms with Crippen LogP contribution < -0.4 is 5.32 Å². The largest absolute Gasteiger partial charge is 0.324 e. The topological polar surface area (TPSA) is 29.1 Å². The highest BCUT2D eigenvalue weighted by atomic mass is 79.9. The van der Waals surface area contributed by atoms with E-state index >= 15 is 0 Å². The van der Waals surface area contributed by atoms with E-state index in [1.165, 1.54) is 0 Å². The summed E-state index contributed by atoms with van der Waals surface area (Å²) in [5.41, 5.74) is 0.854. The van der Waals surface area contributed by atoms with Crippen molar-refractivity contribution >= 4 is 62.8 Å². The Bertz CT molecular complexity index is 365. The maximum atomic E-state index is 11.9. The molecule has 2 nitrogen and oxygen atoms in total. The summed E-state index contributed by atoms with van der Waals surface area (Å²) in [5.74, 6) is 0.0950. The summed E-state index contributed by atoms with van der Waals surface area (Å²) in [5, 5.41) is 4.94. The second-order valence-corrected chi connectivity index (χ2v) is 8.22. The van der Waals surface area contributed by atoms with Crippen LogP contribution in [-0.4, -0.2) is 20.7 Å². The molecule has 0 bridgehead atoms. The van der Waals surface area contributed by atoms with Crippen LogP contribution in [-0.2, 0) is 4.79 Å². The SMILES string of the molecule is O=C(Nc1ccc(Br)cc1)C1SCSCS1. The molecule has 0 saturated carbocycles. The minimum Gasteiger partial charge on any atom is -0.324 e. The van der Waals surface area contributed by atoms with Crippen molar-refractivity contribution in [1.82, 2.24) is 0 Å². The Hall–Kier alpha value is 0.220. The van der Waals surface area contributed by atoms with Crippen LogP contribution in [0.4, 0.5) is 5.69 Å². The molecule has 1 aromatic rings. The van der Waals surface area contributed by atoms with E-state index in [-0.39, 0.29) is 10.5 Å². The number of benzene rings is 1. The molecule has 0 aromatic heterocycles. The molecule has 1 aliphatic rings. The van der Waals surface area contributed by atoms with Crippen molar-refractivity contribution in [2.75, 3.05) is 15.5 Å². The first kappa shape index (κ1) is 12.7. The molecule has 0 atom stereocenters. The van der Waals surface area contributed by atoms with E-state index in [2.05, 4.69) is 21.2 Å². The number of halogens is 1. The van der Waals surface area contributed by atoms with Gasteiger partial charge in [0.25, 0.3) is 0 Å². The number of thioether (sulfide) groups is 3. The molecule has 0 aliphatic carbocycles. The van der Waals surface area contributed by atoms with Gasteiger partial charge in [-0.25, -0.2) is 0 Å². The Labute approximate surface area is 116 Å². The van der Waals surface area contributed by atoms with Gasteiger partial charge in [-0.2, -0.15) is 0 Å². The summed E-state index contributed by atoms with van der Waals surface area (Å²) in [4.78, 5) is 11.9. The Morgan fingerprint density at radius 1 is 1.25 bits per heavy atom. The minimum atomic E-state index is 0.0323. The van der Waals surface area contributed by atoms with Crippen molar-refractivity contribution in [3.63, 3.8) is 0 Å². The molecule has 1 aromatic carbocycles. The summed E-state index contributed by atoms with van der Waals surface area (Å²) < 4.78 is 1.05. The smallest absolute Gasteiger partial charge is 0.247 e. The fourth-order valence-electron chi connectivity index (χ4n) is 1.19. The zero-order chi connectivity index (χ0) is 11.4. The average molecular weight is 336 g/mol. The van der Waals surface area contributed by atoms with Crippen LogP contribution in [0.25, 0.3) is 0 Å². The van der Waals surface area contributed by atoms with Gasteiger partial charge < -0.3 is 5.32 Å². The lowest BCUT2D eigenvalue weighted by molar-refractivity contribution is -0.114. The number of nitrogens with one attached hydrogen (secondary N) is 1. The molecule has 0 spiro atoms. The van der Waals surface area contributed by atoms with Gasteiger partial charge in [0.05, 0.1) is 0 Å². The lowest BCUT2D eigenvalue weighted by atomic mass is 10.3. The lowest BCUT2D eigenvalue weighted by Crippen LogP contribution is -2.24. The second-order valence-electron chi connectivity index (χ2n) is 3.10. The van der Waals surface area contributed by atoms with E-state index in [1.54, 1.807) is 23.5 Å². The van der Waals surface area contributed by atoms with E-state index < -0.39 is 0 Å². The van der Waals surface area contributed by atoms with Crippen molar-refractivity contribution in [2.24, 2.45) is 0 Å². The van der Waals surface area contributed by atoms with Crippen LogP contribution in [0.2, 0.25) is 0 Å². The van der Waals surface area contributed by atoms with Crippen molar-refractivity contribution in [3.8, 4) is 0 Å². The molecule has 1 saturated heterocycles. The van der Waals surface area contributed by atoms with Crippen LogP contribution in [0, 0.1) is 0 Å². The van der Waals surface area contributed by atoms with E-state index in [0.29, 0.717) is 0 Å². The van der Waals surface area contributed by atoms with Gasteiger partial charge in [-0.05, 0) is 24.3 Å². The maximum absolute atomic E-state index is 11.9. The number of anilines is 1. The van der Waals surface area contributed by atoms with Gasteiger partial charge >= 0.3 is 0 Å². The molecule has 1 N–H and O–H groups in total. The molecule has 16 heavy (non-hydrogen) atoms. The van der Waals surface area contributed by atoms with Crippen LogP contribution >= 0.6 is 51.2 Å². The van der Waals surface area contributed by atoms with E-state index in [4.69, 9.17) is 0 Å². The normalized spacial score (nSPS) is 17.1. The van der Waals surface area contributed by atoms with Crippen molar-refractivity contribution in [2.45, 2.75) is 4.58 Å². The fourth-order valence-corrected chi connectivity index (χ4v) is 5.90. The molecule has 1 heterocycles. The number of amides is 1. The van der Waals surface area contributed by atoms with Gasteiger partial charge in [0.15, 0.2) is 0 Å². The predicted octanol–water partition coefficient (Wildman–Crippen LogP) is 3.84. The maximum Gasteiger partial charge on any atom is 0.247 e. The van der Waals surface area contributed by atoms with E-state index in [0.717, 1.165) is 20.3 Å². The highest BCUT2D eigenvalue weighted by Gasteiger charge is 2.22. The quantitative estimate of drug-likeness (QED) is 0.888. The average Bonchev–Trinajstić information content (AvgIpc) is 2.33. The predicted molar refractivity (Wildman–Crippen MR) is 79.1 cm³/mol. The Kier molecular flexibility index (Phi) is 4.94. The standard InChI is InChI=1S/C10H10BrNOS3/c11-7-1-3-8(4-2-7)12-9(13)10-15-5-14-6-16-10/h1-4,10H,5-6H2,(H,12,13). The molecule has 0 radical (unpaired) electrons. The van der Waals surface area contributed by atoms with Crippen molar-refractivity contribution < 1.29 is 4.79 Å². The minimum absolute atomic E-state index is 0.0323. The number of rotatable bonds is 2.